The van der Waals surface area contributed by atoms with Gasteiger partial charge in [-0.3, -0.25) is 4.79 Å². The van der Waals surface area contributed by atoms with Crippen LogP contribution in [0.5, 0.6) is 0 Å². The number of amides is 2. The summed E-state index contributed by atoms with van der Waals surface area (Å²) in [7, 11) is 0. The third-order valence-electron chi connectivity index (χ3n) is 3.88. The highest BCUT2D eigenvalue weighted by molar-refractivity contribution is 5.89. The Bertz CT molecular complexity index is 587. The lowest BCUT2D eigenvalue weighted by Gasteiger charge is -2.26. The molecule has 0 spiro atoms. The van der Waals surface area contributed by atoms with Gasteiger partial charge in [0.25, 0.3) is 0 Å². The normalized spacial score (nSPS) is 20.7. The second kappa shape index (κ2) is 7.46. The smallest absolute Gasteiger partial charge is 0.319 e. The first-order valence-corrected chi connectivity index (χ1v) is 7.34. The molecule has 22 heavy (non-hydrogen) atoms. The monoisotopic (exact) mass is 301 g/mol. The minimum atomic E-state index is -0.753. The van der Waals surface area contributed by atoms with Crippen molar-refractivity contribution in [3.8, 4) is 6.07 Å². The molecule has 1 aliphatic rings. The quantitative estimate of drug-likeness (QED) is 0.795. The molecule has 0 bridgehead atoms. The summed E-state index contributed by atoms with van der Waals surface area (Å²) in [5, 5.41) is 23.2. The molecule has 1 saturated carbocycles. The van der Waals surface area contributed by atoms with Crippen LogP contribution in [-0.2, 0) is 11.2 Å². The Morgan fingerprint density at radius 2 is 2.00 bits per heavy atom. The van der Waals surface area contributed by atoms with E-state index in [1.54, 1.807) is 18.2 Å². The molecule has 0 saturated heterocycles. The lowest BCUT2D eigenvalue weighted by atomic mass is 9.86. The highest BCUT2D eigenvalue weighted by Crippen LogP contribution is 2.24. The van der Waals surface area contributed by atoms with Crippen molar-refractivity contribution < 1.29 is 14.7 Å². The van der Waals surface area contributed by atoms with Gasteiger partial charge in [-0.1, -0.05) is 12.1 Å². The summed E-state index contributed by atoms with van der Waals surface area (Å²) in [6, 6.07) is 8.94. The molecule has 0 atom stereocenters. The number of carbonyl (C=O) groups excluding carboxylic acids is 1. The Morgan fingerprint density at radius 3 is 2.64 bits per heavy atom. The van der Waals surface area contributed by atoms with Crippen molar-refractivity contribution in [3.63, 3.8) is 0 Å². The van der Waals surface area contributed by atoms with Gasteiger partial charge in [0.2, 0.25) is 0 Å². The van der Waals surface area contributed by atoms with E-state index in [9.17, 15) is 9.59 Å². The van der Waals surface area contributed by atoms with Crippen LogP contribution in [0.3, 0.4) is 0 Å². The summed E-state index contributed by atoms with van der Waals surface area (Å²) >= 11 is 0. The Labute approximate surface area is 129 Å². The summed E-state index contributed by atoms with van der Waals surface area (Å²) in [6.45, 7) is 0. The number of rotatable bonds is 4. The highest BCUT2D eigenvalue weighted by atomic mass is 16.4. The van der Waals surface area contributed by atoms with Crippen molar-refractivity contribution in [1.82, 2.24) is 5.32 Å². The van der Waals surface area contributed by atoms with E-state index in [1.807, 2.05) is 6.07 Å². The Morgan fingerprint density at radius 1 is 1.27 bits per heavy atom. The number of carbonyl (C=O) groups is 2. The van der Waals surface area contributed by atoms with Crippen LogP contribution >= 0.6 is 0 Å². The maximum absolute atomic E-state index is 12.0. The van der Waals surface area contributed by atoms with Crippen molar-refractivity contribution in [2.45, 2.75) is 38.1 Å². The van der Waals surface area contributed by atoms with Crippen LogP contribution < -0.4 is 10.6 Å². The number of nitriles is 1. The summed E-state index contributed by atoms with van der Waals surface area (Å²) in [5.41, 5.74) is 1.49. The molecule has 1 aliphatic carbocycles. The summed E-state index contributed by atoms with van der Waals surface area (Å²) in [4.78, 5) is 22.8. The fourth-order valence-electron chi connectivity index (χ4n) is 2.69. The van der Waals surface area contributed by atoms with Crippen LogP contribution in [0.2, 0.25) is 0 Å². The molecule has 6 heteroatoms. The summed E-state index contributed by atoms with van der Waals surface area (Å²) in [6.07, 6.45) is 2.85. The van der Waals surface area contributed by atoms with Crippen molar-refractivity contribution in [3.05, 3.63) is 29.8 Å². The van der Waals surface area contributed by atoms with Crippen LogP contribution in [0.25, 0.3) is 0 Å². The van der Waals surface area contributed by atoms with Gasteiger partial charge in [0.05, 0.1) is 18.4 Å². The van der Waals surface area contributed by atoms with E-state index in [1.165, 1.54) is 0 Å². The van der Waals surface area contributed by atoms with Gasteiger partial charge in [0, 0.05) is 11.7 Å². The van der Waals surface area contributed by atoms with Crippen LogP contribution in [0, 0.1) is 17.2 Å². The molecule has 1 aromatic rings. The molecule has 1 fully saturated rings. The number of anilines is 1. The van der Waals surface area contributed by atoms with Crippen molar-refractivity contribution in [1.29, 1.82) is 5.26 Å². The maximum atomic E-state index is 12.0. The largest absolute Gasteiger partial charge is 0.481 e. The molecule has 2 rings (SSSR count). The Kier molecular flexibility index (Phi) is 5.37. The Hall–Kier alpha value is -2.55. The number of hydrogen-bond donors (Lipinski definition) is 3. The first-order chi connectivity index (χ1) is 10.6. The van der Waals surface area contributed by atoms with E-state index in [0.717, 1.165) is 5.56 Å². The molecule has 0 radical (unpaired) electrons. The van der Waals surface area contributed by atoms with Crippen molar-refractivity contribution in [2.24, 2.45) is 5.92 Å². The van der Waals surface area contributed by atoms with Crippen molar-refractivity contribution in [2.75, 3.05) is 5.32 Å². The van der Waals surface area contributed by atoms with Gasteiger partial charge in [-0.05, 0) is 43.4 Å². The number of nitrogens with one attached hydrogen (secondary N) is 2. The fraction of sp³-hybridized carbons (Fsp3) is 0.438. The molecule has 1 aromatic carbocycles. The Balaban J connectivity index is 1.82. The lowest BCUT2D eigenvalue weighted by Crippen LogP contribution is -2.40. The van der Waals surface area contributed by atoms with E-state index in [2.05, 4.69) is 16.7 Å². The zero-order valence-electron chi connectivity index (χ0n) is 12.2. The van der Waals surface area contributed by atoms with Gasteiger partial charge in [-0.15, -0.1) is 0 Å². The minimum absolute atomic E-state index is 0.0119. The van der Waals surface area contributed by atoms with E-state index >= 15 is 0 Å². The zero-order chi connectivity index (χ0) is 15.9. The molecule has 2 amide bonds. The van der Waals surface area contributed by atoms with Crippen LogP contribution in [-0.4, -0.2) is 23.1 Å². The number of hydrogen-bond acceptors (Lipinski definition) is 3. The van der Waals surface area contributed by atoms with Gasteiger partial charge in [-0.2, -0.15) is 5.26 Å². The highest BCUT2D eigenvalue weighted by Gasteiger charge is 2.26. The number of carboxylic acids is 1. The predicted molar refractivity (Wildman–Crippen MR) is 81.3 cm³/mol. The van der Waals surface area contributed by atoms with Gasteiger partial charge in [0.1, 0.15) is 0 Å². The molecular weight excluding hydrogens is 282 g/mol. The maximum Gasteiger partial charge on any atom is 0.319 e. The van der Waals surface area contributed by atoms with Gasteiger partial charge in [-0.25, -0.2) is 4.79 Å². The molecule has 116 valence electrons. The number of aliphatic carboxylic acids is 1. The molecule has 0 heterocycles. The van der Waals surface area contributed by atoms with E-state index in [-0.39, 0.29) is 18.0 Å². The summed E-state index contributed by atoms with van der Waals surface area (Å²) in [5.74, 6) is -1.04. The molecule has 0 aromatic heterocycles. The summed E-state index contributed by atoms with van der Waals surface area (Å²) < 4.78 is 0. The van der Waals surface area contributed by atoms with E-state index in [4.69, 9.17) is 10.4 Å². The van der Waals surface area contributed by atoms with Crippen LogP contribution in [0.1, 0.15) is 31.2 Å². The molecule has 0 aliphatic heterocycles. The number of benzene rings is 1. The predicted octanol–water partition coefficient (Wildman–Crippen LogP) is 2.52. The molecule has 0 unspecified atom stereocenters. The van der Waals surface area contributed by atoms with Gasteiger partial charge in [0.15, 0.2) is 0 Å². The van der Waals surface area contributed by atoms with E-state index in [0.29, 0.717) is 37.8 Å². The first-order valence-electron chi connectivity index (χ1n) is 7.34. The lowest BCUT2D eigenvalue weighted by molar-refractivity contribution is -0.142. The third kappa shape index (κ3) is 4.48. The minimum Gasteiger partial charge on any atom is -0.481 e. The molecule has 3 N–H and O–H groups in total. The standard InChI is InChI=1S/C16H19N3O3/c17-9-8-11-2-1-3-14(10-11)19-16(22)18-13-6-4-12(5-7-13)15(20)21/h1-3,10,12-13H,4-8H2,(H,20,21)(H2,18,19,22). The number of urea groups is 1. The molecular formula is C16H19N3O3. The fourth-order valence-corrected chi connectivity index (χ4v) is 2.69. The van der Waals surface area contributed by atoms with Crippen molar-refractivity contribution >= 4 is 17.7 Å². The second-order valence-electron chi connectivity index (χ2n) is 5.52. The third-order valence-corrected chi connectivity index (χ3v) is 3.88. The van der Waals surface area contributed by atoms with E-state index < -0.39 is 5.97 Å². The number of carboxylic acid groups (broad SMARTS) is 1. The zero-order valence-corrected chi connectivity index (χ0v) is 12.2. The first kappa shape index (κ1) is 15.8. The van der Waals surface area contributed by atoms with Gasteiger partial charge >= 0.3 is 12.0 Å². The topological polar surface area (TPSA) is 102 Å². The second-order valence-corrected chi connectivity index (χ2v) is 5.52. The number of nitrogens with zero attached hydrogens (tertiary/aromatic N) is 1. The molecule has 6 nitrogen and oxygen atoms in total. The SMILES string of the molecule is N#CCc1cccc(NC(=O)NC2CCC(C(=O)O)CC2)c1. The average Bonchev–Trinajstić information content (AvgIpc) is 2.48. The van der Waals surface area contributed by atoms with Gasteiger partial charge < -0.3 is 15.7 Å². The van der Waals surface area contributed by atoms with Crippen LogP contribution in [0.15, 0.2) is 24.3 Å². The average molecular weight is 301 g/mol. The van der Waals surface area contributed by atoms with Crippen LogP contribution in [0.4, 0.5) is 10.5 Å².